The lowest BCUT2D eigenvalue weighted by atomic mass is 10.1. The van der Waals surface area contributed by atoms with Gasteiger partial charge in [0.2, 0.25) is 0 Å². The van der Waals surface area contributed by atoms with Crippen molar-refractivity contribution in [3.8, 4) is 0 Å². The van der Waals surface area contributed by atoms with E-state index in [4.69, 9.17) is 4.98 Å². The molecule has 2 amide bonds. The summed E-state index contributed by atoms with van der Waals surface area (Å²) in [6, 6.07) is 9.04. The first-order chi connectivity index (χ1) is 15.9. The summed E-state index contributed by atoms with van der Waals surface area (Å²) >= 11 is 0. The molecule has 0 bridgehead atoms. The van der Waals surface area contributed by atoms with E-state index in [0.29, 0.717) is 29.8 Å². The fourth-order valence-electron chi connectivity index (χ4n) is 3.91. The molecule has 176 valence electrons. The number of aromatic nitrogens is 2. The minimum atomic E-state index is -0.851. The van der Waals surface area contributed by atoms with Crippen LogP contribution in [0.4, 0.5) is 19.3 Å². The molecule has 0 fully saturated rings. The van der Waals surface area contributed by atoms with Gasteiger partial charge in [-0.1, -0.05) is 38.3 Å². The molecule has 6 nitrogen and oxygen atoms in total. The van der Waals surface area contributed by atoms with Gasteiger partial charge in [0.05, 0.1) is 22.6 Å². The first kappa shape index (κ1) is 24.4. The van der Waals surface area contributed by atoms with Gasteiger partial charge in [-0.05, 0) is 44.5 Å². The van der Waals surface area contributed by atoms with Crippen molar-refractivity contribution in [3.63, 3.8) is 0 Å². The van der Waals surface area contributed by atoms with Crippen LogP contribution in [0.1, 0.15) is 58.3 Å². The number of carbonyl (C=O) groups is 1. The monoisotopic (exact) mass is 456 g/mol. The van der Waals surface area contributed by atoms with Crippen molar-refractivity contribution in [2.24, 2.45) is 0 Å². The molecule has 3 aromatic rings. The van der Waals surface area contributed by atoms with Crippen LogP contribution in [0.25, 0.3) is 10.9 Å². The predicted molar refractivity (Wildman–Crippen MR) is 126 cm³/mol. The van der Waals surface area contributed by atoms with Crippen molar-refractivity contribution in [1.82, 2.24) is 14.5 Å². The molecular weight excluding hydrogens is 426 g/mol. The molecule has 0 aliphatic carbocycles. The number of para-hydroxylation sites is 1. The van der Waals surface area contributed by atoms with Crippen molar-refractivity contribution >= 4 is 22.6 Å². The van der Waals surface area contributed by atoms with E-state index in [-0.39, 0.29) is 11.2 Å². The number of unbranched alkanes of at least 4 members (excludes halogenated alkanes) is 3. The first-order valence-corrected chi connectivity index (χ1v) is 11.4. The van der Waals surface area contributed by atoms with Crippen LogP contribution < -0.4 is 10.9 Å². The summed E-state index contributed by atoms with van der Waals surface area (Å²) in [7, 11) is 0. The van der Waals surface area contributed by atoms with Crippen molar-refractivity contribution in [2.45, 2.75) is 59.0 Å². The van der Waals surface area contributed by atoms with Gasteiger partial charge in [0.1, 0.15) is 17.5 Å². The zero-order chi connectivity index (χ0) is 24.0. The van der Waals surface area contributed by atoms with Gasteiger partial charge in [0, 0.05) is 19.2 Å². The third-order valence-electron chi connectivity index (χ3n) is 5.73. The van der Waals surface area contributed by atoms with Gasteiger partial charge in [-0.25, -0.2) is 18.6 Å². The minimum Gasteiger partial charge on any atom is -0.315 e. The molecule has 3 rings (SSSR count). The molecule has 1 heterocycles. The standard InChI is InChI=1S/C25H30F2N4O2/c1-4-6-7-10-15-31(25(33)29-22-14-13-18(26)16-20(22)27)17(3)23-28-21-12-9-8-11-19(21)24(32)30(23)5-2/h8-9,11-14,16-17H,4-7,10,15H2,1-3H3,(H,29,33). The third-order valence-corrected chi connectivity index (χ3v) is 5.73. The molecular formula is C25H30F2N4O2. The maximum atomic E-state index is 14.2. The lowest BCUT2D eigenvalue weighted by molar-refractivity contribution is 0.186. The fraction of sp³-hybridized carbons (Fsp3) is 0.400. The minimum absolute atomic E-state index is 0.105. The van der Waals surface area contributed by atoms with E-state index in [9.17, 15) is 18.4 Å². The highest BCUT2D eigenvalue weighted by atomic mass is 19.1. The second-order valence-corrected chi connectivity index (χ2v) is 8.02. The zero-order valence-electron chi connectivity index (χ0n) is 19.3. The van der Waals surface area contributed by atoms with E-state index >= 15 is 0 Å². The van der Waals surface area contributed by atoms with Crippen LogP contribution in [0.2, 0.25) is 0 Å². The number of hydrogen-bond donors (Lipinski definition) is 1. The Morgan fingerprint density at radius 2 is 1.88 bits per heavy atom. The van der Waals surface area contributed by atoms with Gasteiger partial charge >= 0.3 is 6.03 Å². The Labute approximate surface area is 192 Å². The van der Waals surface area contributed by atoms with Gasteiger partial charge in [-0.15, -0.1) is 0 Å². The summed E-state index contributed by atoms with van der Waals surface area (Å²) in [5.74, 6) is -1.11. The summed E-state index contributed by atoms with van der Waals surface area (Å²) < 4.78 is 29.0. The Hall–Kier alpha value is -3.29. The Balaban J connectivity index is 1.97. The maximum absolute atomic E-state index is 14.2. The molecule has 2 aromatic carbocycles. The highest BCUT2D eigenvalue weighted by Crippen LogP contribution is 2.23. The molecule has 0 spiro atoms. The van der Waals surface area contributed by atoms with Crippen molar-refractivity contribution in [2.75, 3.05) is 11.9 Å². The Bertz CT molecular complexity index is 1180. The summed E-state index contributed by atoms with van der Waals surface area (Å²) in [6.07, 6.45) is 3.76. The van der Waals surface area contributed by atoms with E-state index in [0.717, 1.165) is 37.8 Å². The predicted octanol–water partition coefficient (Wildman–Crippen LogP) is 5.87. The van der Waals surface area contributed by atoms with Gasteiger partial charge in [0.15, 0.2) is 0 Å². The molecule has 8 heteroatoms. The van der Waals surface area contributed by atoms with Crippen LogP contribution in [0.15, 0.2) is 47.3 Å². The quantitative estimate of drug-likeness (QED) is 0.410. The Morgan fingerprint density at radius 1 is 1.12 bits per heavy atom. The van der Waals surface area contributed by atoms with Crippen LogP contribution in [-0.2, 0) is 6.54 Å². The largest absolute Gasteiger partial charge is 0.322 e. The molecule has 0 radical (unpaired) electrons. The Kier molecular flexibility index (Phi) is 8.14. The second kappa shape index (κ2) is 11.0. The van der Waals surface area contributed by atoms with Crippen LogP contribution in [-0.4, -0.2) is 27.0 Å². The first-order valence-electron chi connectivity index (χ1n) is 11.4. The molecule has 33 heavy (non-hydrogen) atoms. The number of hydrogen-bond acceptors (Lipinski definition) is 3. The number of rotatable bonds is 9. The summed E-state index contributed by atoms with van der Waals surface area (Å²) in [5, 5.41) is 3.06. The van der Waals surface area contributed by atoms with Gasteiger partial charge in [-0.2, -0.15) is 0 Å². The van der Waals surface area contributed by atoms with Crippen LogP contribution in [0.5, 0.6) is 0 Å². The average molecular weight is 457 g/mol. The topological polar surface area (TPSA) is 67.2 Å². The lowest BCUT2D eigenvalue weighted by Gasteiger charge is -2.30. The van der Waals surface area contributed by atoms with Crippen LogP contribution in [0, 0.1) is 11.6 Å². The molecule has 0 aliphatic heterocycles. The number of anilines is 1. The average Bonchev–Trinajstić information content (AvgIpc) is 2.80. The normalized spacial score (nSPS) is 12.0. The number of halogens is 2. The molecule has 1 aromatic heterocycles. The zero-order valence-corrected chi connectivity index (χ0v) is 19.3. The number of amides is 2. The number of carbonyl (C=O) groups excluding carboxylic acids is 1. The molecule has 0 saturated heterocycles. The van der Waals surface area contributed by atoms with E-state index in [1.54, 1.807) is 27.7 Å². The molecule has 1 unspecified atom stereocenters. The summed E-state index contributed by atoms with van der Waals surface area (Å²) in [5.41, 5.74) is 0.289. The van der Waals surface area contributed by atoms with E-state index in [2.05, 4.69) is 12.2 Å². The molecule has 1 N–H and O–H groups in total. The highest BCUT2D eigenvalue weighted by Gasteiger charge is 2.26. The second-order valence-electron chi connectivity index (χ2n) is 8.02. The van der Waals surface area contributed by atoms with Crippen molar-refractivity contribution < 1.29 is 13.6 Å². The maximum Gasteiger partial charge on any atom is 0.322 e. The Morgan fingerprint density at radius 3 is 2.58 bits per heavy atom. The molecule has 0 aliphatic rings. The van der Waals surface area contributed by atoms with Crippen molar-refractivity contribution in [3.05, 3.63) is 70.3 Å². The fourth-order valence-corrected chi connectivity index (χ4v) is 3.91. The highest BCUT2D eigenvalue weighted by molar-refractivity contribution is 5.89. The number of nitrogens with zero attached hydrogens (tertiary/aromatic N) is 3. The molecule has 1 atom stereocenters. The van der Waals surface area contributed by atoms with Crippen LogP contribution >= 0.6 is 0 Å². The lowest BCUT2D eigenvalue weighted by Crippen LogP contribution is -2.40. The number of urea groups is 1. The smallest absolute Gasteiger partial charge is 0.315 e. The van der Waals surface area contributed by atoms with Crippen molar-refractivity contribution in [1.29, 1.82) is 0 Å². The SMILES string of the molecule is CCCCCCN(C(=O)Nc1ccc(F)cc1F)C(C)c1nc2ccccc2c(=O)n1CC. The summed E-state index contributed by atoms with van der Waals surface area (Å²) in [4.78, 5) is 32.5. The van der Waals surface area contributed by atoms with Gasteiger partial charge < -0.3 is 10.2 Å². The van der Waals surface area contributed by atoms with E-state index in [1.165, 1.54) is 6.07 Å². The summed E-state index contributed by atoms with van der Waals surface area (Å²) in [6.45, 7) is 6.57. The molecule has 0 saturated carbocycles. The third kappa shape index (κ3) is 5.56. The van der Waals surface area contributed by atoms with E-state index in [1.807, 2.05) is 19.9 Å². The van der Waals surface area contributed by atoms with Gasteiger partial charge in [0.25, 0.3) is 5.56 Å². The number of nitrogens with one attached hydrogen (secondary N) is 1. The van der Waals surface area contributed by atoms with Gasteiger partial charge in [-0.3, -0.25) is 9.36 Å². The van der Waals surface area contributed by atoms with Crippen LogP contribution in [0.3, 0.4) is 0 Å². The number of benzene rings is 2. The van der Waals surface area contributed by atoms with E-state index < -0.39 is 23.7 Å². The number of fused-ring (bicyclic) bond motifs is 1.